The predicted molar refractivity (Wildman–Crippen MR) is 80.0 cm³/mol. The fourth-order valence-corrected chi connectivity index (χ4v) is 2.74. The van der Waals surface area contributed by atoms with E-state index in [2.05, 4.69) is 15.0 Å². The first-order chi connectivity index (χ1) is 9.83. The van der Waals surface area contributed by atoms with E-state index in [0.717, 1.165) is 0 Å². The van der Waals surface area contributed by atoms with Crippen LogP contribution in [0.2, 0.25) is 0 Å². The van der Waals surface area contributed by atoms with Gasteiger partial charge in [0.2, 0.25) is 10.9 Å². The van der Waals surface area contributed by atoms with Crippen molar-refractivity contribution in [1.82, 2.24) is 9.97 Å². The van der Waals surface area contributed by atoms with E-state index in [4.69, 9.17) is 17.0 Å². The highest BCUT2D eigenvalue weighted by Gasteiger charge is 2.55. The van der Waals surface area contributed by atoms with Gasteiger partial charge in [0, 0.05) is 6.07 Å². The Balaban J connectivity index is 2.58. The Morgan fingerprint density at radius 2 is 2.19 bits per heavy atom. The maximum atomic E-state index is 11.3. The molecule has 9 heteroatoms. The number of hydrogen-bond donors (Lipinski definition) is 0. The third kappa shape index (κ3) is 2.49. The van der Waals surface area contributed by atoms with Gasteiger partial charge in [0.25, 0.3) is 5.84 Å². The number of aromatic nitrogens is 2. The van der Waals surface area contributed by atoms with E-state index in [9.17, 15) is 10.1 Å². The number of nitrogens with zero attached hydrogens (tertiary/aromatic N) is 5. The number of methoxy groups -OCH3 is 1. The smallest absolute Gasteiger partial charge is 0.395 e. The molecule has 0 saturated heterocycles. The molecular formula is C12H16N5O3S+. The monoisotopic (exact) mass is 310 g/mol. The van der Waals surface area contributed by atoms with Gasteiger partial charge in [-0.1, -0.05) is 0 Å². The minimum atomic E-state index is -1.07. The number of aryl methyl sites for hydroxylation is 1. The zero-order chi connectivity index (χ0) is 15.8. The highest BCUT2D eigenvalue weighted by Crippen LogP contribution is 2.26. The number of thiocarbonyl (C=S) groups is 1. The topological polar surface area (TPSA) is 90.5 Å². The van der Waals surface area contributed by atoms with Crippen molar-refractivity contribution in [1.29, 1.82) is 0 Å². The zero-order valence-electron chi connectivity index (χ0n) is 12.2. The summed E-state index contributed by atoms with van der Waals surface area (Å²) in [7, 11) is 3.23. The standard InChI is InChI=1S/C12H16N5O3S/c1-5-17(3)10(15-11(21)12(17)16(18)19)8-6-9(20-4)14-7(2)13-8/h6,12H,5H2,1-4H3/q+1. The van der Waals surface area contributed by atoms with E-state index in [0.29, 0.717) is 29.8 Å². The molecule has 1 aliphatic heterocycles. The predicted octanol–water partition coefficient (Wildman–Crippen LogP) is 0.951. The summed E-state index contributed by atoms with van der Waals surface area (Å²) < 4.78 is 5.10. The summed E-state index contributed by atoms with van der Waals surface area (Å²) in [5.41, 5.74) is 0.496. The fraction of sp³-hybridized carbons (Fsp3) is 0.500. The Labute approximate surface area is 127 Å². The summed E-state index contributed by atoms with van der Waals surface area (Å²) in [5, 5.41) is 11.3. The molecule has 0 bridgehead atoms. The van der Waals surface area contributed by atoms with Gasteiger partial charge in [-0.15, -0.1) is 0 Å². The van der Waals surface area contributed by atoms with E-state index < -0.39 is 11.1 Å². The Kier molecular flexibility index (Phi) is 3.97. The number of likely N-dealkylation sites (N-methyl/N-ethyl adjacent to an activating group) is 1. The molecule has 0 spiro atoms. The van der Waals surface area contributed by atoms with Gasteiger partial charge in [0.1, 0.15) is 5.82 Å². The molecule has 2 rings (SSSR count). The Hall–Kier alpha value is -2.00. The first-order valence-electron chi connectivity index (χ1n) is 6.35. The van der Waals surface area contributed by atoms with Crippen molar-refractivity contribution in [2.24, 2.45) is 4.99 Å². The number of rotatable bonds is 4. The Bertz CT molecular complexity index is 648. The average molecular weight is 310 g/mol. The van der Waals surface area contributed by atoms with Gasteiger partial charge < -0.3 is 4.74 Å². The van der Waals surface area contributed by atoms with Gasteiger partial charge in [-0.2, -0.15) is 9.98 Å². The van der Waals surface area contributed by atoms with Gasteiger partial charge in [-0.05, 0) is 26.1 Å². The van der Waals surface area contributed by atoms with Crippen molar-refractivity contribution in [3.05, 3.63) is 27.7 Å². The van der Waals surface area contributed by atoms with Crippen LogP contribution >= 0.6 is 12.2 Å². The first kappa shape index (κ1) is 15.4. The van der Waals surface area contributed by atoms with Gasteiger partial charge in [0.05, 0.1) is 25.6 Å². The molecule has 0 fully saturated rings. The van der Waals surface area contributed by atoms with Crippen LogP contribution in [0.1, 0.15) is 18.4 Å². The molecule has 1 aliphatic rings. The lowest BCUT2D eigenvalue weighted by Crippen LogP contribution is -2.58. The van der Waals surface area contributed by atoms with E-state index in [-0.39, 0.29) is 9.47 Å². The second kappa shape index (κ2) is 5.41. The molecule has 8 nitrogen and oxygen atoms in total. The van der Waals surface area contributed by atoms with Crippen molar-refractivity contribution in [3.63, 3.8) is 0 Å². The molecule has 0 N–H and O–H groups in total. The molecule has 0 aromatic carbocycles. The molecule has 112 valence electrons. The third-order valence-electron chi connectivity index (χ3n) is 3.57. The van der Waals surface area contributed by atoms with Crippen LogP contribution in [0.4, 0.5) is 0 Å². The van der Waals surface area contributed by atoms with Crippen LogP contribution in [0.3, 0.4) is 0 Å². The summed E-state index contributed by atoms with van der Waals surface area (Å²) in [5.74, 6) is 1.36. The molecule has 2 unspecified atom stereocenters. The van der Waals surface area contributed by atoms with Crippen molar-refractivity contribution in [3.8, 4) is 5.88 Å². The van der Waals surface area contributed by atoms with Crippen LogP contribution in [0.15, 0.2) is 11.1 Å². The second-order valence-corrected chi connectivity index (χ2v) is 5.28. The van der Waals surface area contributed by atoms with Gasteiger partial charge in [-0.3, -0.25) is 10.1 Å². The number of quaternary nitrogens is 1. The van der Waals surface area contributed by atoms with Crippen molar-refractivity contribution in [2.75, 3.05) is 20.7 Å². The lowest BCUT2D eigenvalue weighted by atomic mass is 10.2. The highest BCUT2D eigenvalue weighted by atomic mass is 32.1. The maximum absolute atomic E-state index is 11.3. The van der Waals surface area contributed by atoms with E-state index in [1.807, 2.05) is 6.92 Å². The van der Waals surface area contributed by atoms with Crippen LogP contribution in [0.25, 0.3) is 0 Å². The van der Waals surface area contributed by atoms with Gasteiger partial charge >= 0.3 is 6.17 Å². The van der Waals surface area contributed by atoms with Gasteiger partial charge in [0.15, 0.2) is 5.69 Å². The van der Waals surface area contributed by atoms with Crippen molar-refractivity contribution in [2.45, 2.75) is 20.0 Å². The minimum absolute atomic E-state index is 0.0224. The number of amidine groups is 1. The van der Waals surface area contributed by atoms with E-state index in [1.165, 1.54) is 7.11 Å². The quantitative estimate of drug-likeness (QED) is 0.356. The van der Waals surface area contributed by atoms with Crippen LogP contribution in [-0.4, -0.2) is 57.1 Å². The minimum Gasteiger partial charge on any atom is -0.481 e. The molecule has 0 amide bonds. The normalized spacial score (nSPS) is 24.9. The molecule has 21 heavy (non-hydrogen) atoms. The molecular weight excluding hydrogens is 294 g/mol. The molecule has 2 atom stereocenters. The number of hydrogen-bond acceptors (Lipinski definition) is 6. The fourth-order valence-electron chi connectivity index (χ4n) is 2.34. The Morgan fingerprint density at radius 3 is 2.71 bits per heavy atom. The molecule has 0 saturated carbocycles. The second-order valence-electron chi connectivity index (χ2n) is 4.86. The largest absolute Gasteiger partial charge is 0.481 e. The van der Waals surface area contributed by atoms with E-state index in [1.54, 1.807) is 20.0 Å². The lowest BCUT2D eigenvalue weighted by Gasteiger charge is -2.28. The summed E-state index contributed by atoms with van der Waals surface area (Å²) in [6.07, 6.45) is -1.07. The number of ether oxygens (including phenoxy) is 1. The molecule has 1 aromatic heterocycles. The number of nitro groups is 1. The zero-order valence-corrected chi connectivity index (χ0v) is 13.0. The molecule has 2 heterocycles. The van der Waals surface area contributed by atoms with Gasteiger partial charge in [-0.25, -0.2) is 9.47 Å². The SMILES string of the molecule is CC[N+]1(C)C(c2cc(OC)nc(C)n2)=NC(=S)C1[N+](=O)[O-]. The lowest BCUT2D eigenvalue weighted by molar-refractivity contribution is -0.921. The Morgan fingerprint density at radius 1 is 1.52 bits per heavy atom. The summed E-state index contributed by atoms with van der Waals surface area (Å²) in [6, 6.07) is 1.61. The van der Waals surface area contributed by atoms with Crippen molar-refractivity contribution >= 4 is 23.0 Å². The third-order valence-corrected chi connectivity index (χ3v) is 3.87. The van der Waals surface area contributed by atoms with Crippen molar-refractivity contribution < 1.29 is 14.1 Å². The molecule has 0 aliphatic carbocycles. The van der Waals surface area contributed by atoms with Crippen LogP contribution in [0, 0.1) is 17.0 Å². The van der Waals surface area contributed by atoms with Crippen LogP contribution in [-0.2, 0) is 0 Å². The highest BCUT2D eigenvalue weighted by molar-refractivity contribution is 7.80. The molecule has 0 radical (unpaired) electrons. The summed E-state index contributed by atoms with van der Waals surface area (Å²) in [6.45, 7) is 4.04. The first-order valence-corrected chi connectivity index (χ1v) is 6.76. The van der Waals surface area contributed by atoms with Crippen LogP contribution in [0.5, 0.6) is 5.88 Å². The summed E-state index contributed by atoms with van der Waals surface area (Å²) >= 11 is 5.08. The number of aliphatic imine (C=N–C) groups is 1. The summed E-state index contributed by atoms with van der Waals surface area (Å²) in [4.78, 5) is 23.7. The van der Waals surface area contributed by atoms with Crippen LogP contribution < -0.4 is 4.74 Å². The average Bonchev–Trinajstić information content (AvgIpc) is 2.70. The maximum Gasteiger partial charge on any atom is 0.395 e. The van der Waals surface area contributed by atoms with E-state index >= 15 is 0 Å². The molecule has 1 aromatic rings.